The van der Waals surface area contributed by atoms with Crippen molar-refractivity contribution in [3.8, 4) is 0 Å². The summed E-state index contributed by atoms with van der Waals surface area (Å²) in [4.78, 5) is 24.1. The minimum absolute atomic E-state index is 0.0800. The number of aromatic nitrogens is 4. The molecule has 3 unspecified atom stereocenters. The van der Waals surface area contributed by atoms with Gasteiger partial charge in [0.15, 0.2) is 18.1 Å². The smallest absolute Gasteiger partial charge is 0.407 e. The molecule has 0 bridgehead atoms. The second-order valence-electron chi connectivity index (χ2n) is 6.81. The third-order valence-electron chi connectivity index (χ3n) is 4.46. The number of alkyl carbamates (subject to hydrolysis) is 1. The predicted molar refractivity (Wildman–Crippen MR) is 103 cm³/mol. The van der Waals surface area contributed by atoms with E-state index in [9.17, 15) is 14.0 Å². The summed E-state index contributed by atoms with van der Waals surface area (Å²) in [5.41, 5.74) is 1.25. The summed E-state index contributed by atoms with van der Waals surface area (Å²) in [6.45, 7) is 2.54. The Morgan fingerprint density at radius 1 is 1.43 bits per heavy atom. The van der Waals surface area contributed by atoms with Crippen LogP contribution in [-0.2, 0) is 27.9 Å². The molecule has 0 aliphatic carbocycles. The number of hydrogen-bond acceptors (Lipinski definition) is 7. The number of methoxy groups -OCH3 is 1. The number of rotatable bonds is 8. The summed E-state index contributed by atoms with van der Waals surface area (Å²) in [7, 11) is 3.18. The number of nitrogens with zero attached hydrogens (tertiary/aromatic N) is 3. The predicted octanol–water partition coefficient (Wildman–Crippen LogP) is 1.46. The van der Waals surface area contributed by atoms with Gasteiger partial charge in [-0.15, -0.1) is 0 Å². The minimum Gasteiger partial charge on any atom is -0.441 e. The SMILES string of the molecule is CCCNC(=O)OC1COC(c2cc(NC(=O)c3cc(COC)nn3C)n[nH]2)C1F. The van der Waals surface area contributed by atoms with Crippen LogP contribution < -0.4 is 10.6 Å². The van der Waals surface area contributed by atoms with E-state index in [1.165, 1.54) is 17.9 Å². The molecule has 12 heteroatoms. The van der Waals surface area contributed by atoms with E-state index in [1.54, 1.807) is 13.1 Å². The number of anilines is 1. The molecule has 2 amide bonds. The zero-order valence-corrected chi connectivity index (χ0v) is 17.0. The Morgan fingerprint density at radius 3 is 2.97 bits per heavy atom. The molecule has 0 saturated carbocycles. The van der Waals surface area contributed by atoms with Gasteiger partial charge in [0.1, 0.15) is 11.8 Å². The molecule has 1 aliphatic rings. The molecule has 30 heavy (non-hydrogen) atoms. The largest absolute Gasteiger partial charge is 0.441 e. The van der Waals surface area contributed by atoms with Gasteiger partial charge >= 0.3 is 6.09 Å². The molecule has 0 radical (unpaired) electrons. The first-order valence-electron chi connectivity index (χ1n) is 9.51. The molecule has 3 heterocycles. The monoisotopic (exact) mass is 424 g/mol. The molecular weight excluding hydrogens is 399 g/mol. The summed E-state index contributed by atoms with van der Waals surface area (Å²) in [6.07, 6.45) is -3.53. The molecule has 2 aromatic rings. The number of ether oxygens (including phenoxy) is 3. The number of amides is 2. The number of halogens is 1. The van der Waals surface area contributed by atoms with Gasteiger partial charge < -0.3 is 24.8 Å². The van der Waals surface area contributed by atoms with Gasteiger partial charge in [0, 0.05) is 26.8 Å². The number of alkyl halides is 1. The molecule has 1 saturated heterocycles. The first kappa shape index (κ1) is 21.7. The van der Waals surface area contributed by atoms with Crippen LogP contribution in [0.15, 0.2) is 12.1 Å². The van der Waals surface area contributed by atoms with E-state index in [1.807, 2.05) is 6.92 Å². The molecular formula is C18H25FN6O5. The Bertz CT molecular complexity index is 884. The Kier molecular flexibility index (Phi) is 7.00. The molecule has 0 aromatic carbocycles. The van der Waals surface area contributed by atoms with Gasteiger partial charge in [-0.05, 0) is 12.5 Å². The van der Waals surface area contributed by atoms with Crippen molar-refractivity contribution in [3.05, 3.63) is 29.2 Å². The second-order valence-corrected chi connectivity index (χ2v) is 6.81. The highest BCUT2D eigenvalue weighted by molar-refractivity contribution is 6.02. The molecule has 1 fully saturated rings. The lowest BCUT2D eigenvalue weighted by atomic mass is 10.1. The Labute approximate surface area is 172 Å². The van der Waals surface area contributed by atoms with Crippen molar-refractivity contribution in [2.75, 3.05) is 25.6 Å². The van der Waals surface area contributed by atoms with E-state index in [0.29, 0.717) is 23.6 Å². The minimum atomic E-state index is -1.57. The van der Waals surface area contributed by atoms with E-state index in [-0.39, 0.29) is 19.0 Å². The summed E-state index contributed by atoms with van der Waals surface area (Å²) in [5.74, 6) is -0.228. The zero-order chi connectivity index (χ0) is 21.7. The first-order chi connectivity index (χ1) is 14.4. The lowest BCUT2D eigenvalue weighted by molar-refractivity contribution is 0.0629. The highest BCUT2D eigenvalue weighted by Crippen LogP contribution is 2.33. The summed E-state index contributed by atoms with van der Waals surface area (Å²) in [6, 6.07) is 3.08. The van der Waals surface area contributed by atoms with Crippen LogP contribution >= 0.6 is 0 Å². The third-order valence-corrected chi connectivity index (χ3v) is 4.46. The van der Waals surface area contributed by atoms with Crippen LogP contribution in [0.1, 0.15) is 41.3 Å². The van der Waals surface area contributed by atoms with E-state index >= 15 is 0 Å². The highest BCUT2D eigenvalue weighted by Gasteiger charge is 2.42. The molecule has 2 aromatic heterocycles. The average Bonchev–Trinajstić information content (AvgIpc) is 3.40. The van der Waals surface area contributed by atoms with Gasteiger partial charge in [0.2, 0.25) is 0 Å². The van der Waals surface area contributed by atoms with Crippen molar-refractivity contribution < 1.29 is 28.2 Å². The van der Waals surface area contributed by atoms with Crippen molar-refractivity contribution in [2.45, 2.75) is 38.3 Å². The summed E-state index contributed by atoms with van der Waals surface area (Å²) >= 11 is 0. The quantitative estimate of drug-likeness (QED) is 0.584. The van der Waals surface area contributed by atoms with Crippen molar-refractivity contribution in [3.63, 3.8) is 0 Å². The van der Waals surface area contributed by atoms with Crippen molar-refractivity contribution in [2.24, 2.45) is 7.05 Å². The lowest BCUT2D eigenvalue weighted by Gasteiger charge is -2.15. The number of carbonyl (C=O) groups excluding carboxylic acids is 2. The maximum atomic E-state index is 14.7. The van der Waals surface area contributed by atoms with Crippen molar-refractivity contribution >= 4 is 17.8 Å². The topological polar surface area (TPSA) is 132 Å². The maximum Gasteiger partial charge on any atom is 0.407 e. The summed E-state index contributed by atoms with van der Waals surface area (Å²) in [5, 5.41) is 16.0. The van der Waals surface area contributed by atoms with Crippen LogP contribution in [0.5, 0.6) is 0 Å². The molecule has 3 N–H and O–H groups in total. The second kappa shape index (κ2) is 9.67. The van der Waals surface area contributed by atoms with Gasteiger partial charge in [-0.1, -0.05) is 6.92 Å². The normalized spacial score (nSPS) is 20.9. The van der Waals surface area contributed by atoms with E-state index in [0.717, 1.165) is 6.42 Å². The number of carbonyl (C=O) groups is 2. The highest BCUT2D eigenvalue weighted by atomic mass is 19.1. The van der Waals surface area contributed by atoms with Gasteiger partial charge in [0.05, 0.1) is 24.6 Å². The van der Waals surface area contributed by atoms with Gasteiger partial charge in [-0.25, -0.2) is 9.18 Å². The standard InChI is InChI=1S/C18H25FN6O5/c1-4-5-20-18(27)30-13-9-29-16(15(13)19)11-7-14(23-22-11)21-17(26)12-6-10(8-28-3)24-25(12)2/h6-7,13,15-16H,4-5,8-9H2,1-3H3,(H,20,27)(H2,21,22,23,26). The fourth-order valence-corrected chi connectivity index (χ4v) is 3.03. The van der Waals surface area contributed by atoms with Crippen LogP contribution in [0.2, 0.25) is 0 Å². The Morgan fingerprint density at radius 2 is 2.23 bits per heavy atom. The molecule has 3 rings (SSSR count). The van der Waals surface area contributed by atoms with Gasteiger partial charge in [-0.3, -0.25) is 14.6 Å². The van der Waals surface area contributed by atoms with Crippen LogP contribution in [0.3, 0.4) is 0 Å². The Hall–Kier alpha value is -2.99. The van der Waals surface area contributed by atoms with Crippen LogP contribution in [0.4, 0.5) is 15.0 Å². The van der Waals surface area contributed by atoms with Crippen LogP contribution in [0.25, 0.3) is 0 Å². The van der Waals surface area contributed by atoms with E-state index < -0.39 is 30.4 Å². The van der Waals surface area contributed by atoms with Crippen molar-refractivity contribution in [1.29, 1.82) is 0 Å². The fraction of sp³-hybridized carbons (Fsp3) is 0.556. The van der Waals surface area contributed by atoms with Gasteiger partial charge in [0.25, 0.3) is 5.91 Å². The molecule has 3 atom stereocenters. The number of hydrogen-bond donors (Lipinski definition) is 3. The number of aromatic amines is 1. The molecule has 1 aliphatic heterocycles. The molecule has 11 nitrogen and oxygen atoms in total. The number of H-pyrrole nitrogens is 1. The third kappa shape index (κ3) is 4.94. The Balaban J connectivity index is 1.59. The summed E-state index contributed by atoms with van der Waals surface area (Å²) < 4.78 is 31.6. The van der Waals surface area contributed by atoms with Crippen molar-refractivity contribution in [1.82, 2.24) is 25.3 Å². The van der Waals surface area contributed by atoms with Crippen LogP contribution in [-0.4, -0.2) is 64.5 Å². The van der Waals surface area contributed by atoms with E-state index in [4.69, 9.17) is 14.2 Å². The number of aryl methyl sites for hydroxylation is 1. The lowest BCUT2D eigenvalue weighted by Crippen LogP contribution is -2.34. The van der Waals surface area contributed by atoms with Crippen LogP contribution in [0, 0.1) is 0 Å². The molecule has 164 valence electrons. The maximum absolute atomic E-state index is 14.7. The van der Waals surface area contributed by atoms with E-state index in [2.05, 4.69) is 25.9 Å². The fourth-order valence-electron chi connectivity index (χ4n) is 3.03. The zero-order valence-electron chi connectivity index (χ0n) is 17.0. The molecule has 0 spiro atoms. The average molecular weight is 424 g/mol. The number of nitrogens with one attached hydrogen (secondary N) is 3. The van der Waals surface area contributed by atoms with Gasteiger partial charge in [-0.2, -0.15) is 10.2 Å². The first-order valence-corrected chi connectivity index (χ1v) is 9.51.